The number of benzene rings is 1. The Hall–Kier alpha value is -4.03. The van der Waals surface area contributed by atoms with Crippen molar-refractivity contribution < 1.29 is 33.9 Å². The number of halogens is 1. The summed E-state index contributed by atoms with van der Waals surface area (Å²) in [5.41, 5.74) is 8.37. The van der Waals surface area contributed by atoms with E-state index in [1.165, 1.54) is 26.9 Å². The van der Waals surface area contributed by atoms with Crippen LogP contribution in [0.5, 0.6) is 0 Å². The van der Waals surface area contributed by atoms with Crippen molar-refractivity contribution in [3.05, 3.63) is 28.8 Å². The summed E-state index contributed by atoms with van der Waals surface area (Å²) in [6, 6.07) is -1.62. The second kappa shape index (κ2) is 14.1. The SMILES string of the molecule is CC(C)[C@H]1NC(=O)[C@@H]2C[C@@]3(O)c4ccc(Cl)cc4N[C@H]3N2C(=O)[C@H]2CCCNN2C(=O)[C@@H](C)NC(=O)[C@H]2CCCNN2C(=O)[C@@H]2CCCNN2C1=O. The number of nitrogens with zero attached hydrogens (tertiary/aromatic N) is 4. The first kappa shape index (κ1) is 36.3. The molecule has 6 aliphatic heterocycles. The van der Waals surface area contributed by atoms with Gasteiger partial charge in [0.15, 0.2) is 0 Å². The summed E-state index contributed by atoms with van der Waals surface area (Å²) in [4.78, 5) is 87.0. The molecular weight excluding hydrogens is 696 g/mol. The minimum atomic E-state index is -1.71. The highest BCUT2D eigenvalue weighted by atomic mass is 35.5. The molecule has 0 saturated carbocycles. The number of hydrogen-bond acceptors (Lipinski definition) is 11. The van der Waals surface area contributed by atoms with Crippen molar-refractivity contribution >= 4 is 52.7 Å². The number of aliphatic hydroxyl groups is 1. The monoisotopic (exact) mass is 742 g/mol. The molecule has 0 unspecified atom stereocenters. The van der Waals surface area contributed by atoms with E-state index in [-0.39, 0.29) is 12.8 Å². The van der Waals surface area contributed by atoms with Gasteiger partial charge in [0.05, 0.1) is 0 Å². The van der Waals surface area contributed by atoms with Crippen LogP contribution in [0.25, 0.3) is 0 Å². The van der Waals surface area contributed by atoms with Crippen LogP contribution in [-0.4, -0.2) is 123 Å². The van der Waals surface area contributed by atoms with Crippen LogP contribution in [0.3, 0.4) is 0 Å². The molecule has 6 amide bonds. The molecule has 17 nitrogen and oxygen atoms in total. The maximum atomic E-state index is 14.8. The van der Waals surface area contributed by atoms with Gasteiger partial charge in [0.1, 0.15) is 48.0 Å². The summed E-state index contributed by atoms with van der Waals surface area (Å²) in [5, 5.41) is 25.3. The molecular formula is C34H47ClN10O7. The first-order chi connectivity index (χ1) is 24.8. The lowest BCUT2D eigenvalue weighted by Gasteiger charge is -2.44. The number of nitrogens with one attached hydrogen (secondary N) is 6. The van der Waals surface area contributed by atoms with Crippen LogP contribution in [0.15, 0.2) is 18.2 Å². The first-order valence-corrected chi connectivity index (χ1v) is 18.6. The van der Waals surface area contributed by atoms with Gasteiger partial charge in [0.2, 0.25) is 17.7 Å². The zero-order valence-electron chi connectivity index (χ0n) is 29.5. The third-order valence-electron chi connectivity index (χ3n) is 11.2. The summed E-state index contributed by atoms with van der Waals surface area (Å²) in [6.07, 6.45) is 1.28. The second-order valence-electron chi connectivity index (χ2n) is 14.9. The zero-order chi connectivity index (χ0) is 37.1. The normalized spacial score (nSPS) is 34.6. The lowest BCUT2D eigenvalue weighted by Crippen LogP contribution is -2.69. The molecule has 5 saturated heterocycles. The third kappa shape index (κ3) is 6.15. The summed E-state index contributed by atoms with van der Waals surface area (Å²) < 4.78 is 0. The Morgan fingerprint density at radius 3 is 1.92 bits per heavy atom. The second-order valence-corrected chi connectivity index (χ2v) is 15.3. The molecule has 1 aromatic rings. The van der Waals surface area contributed by atoms with Gasteiger partial charge in [0.25, 0.3) is 17.7 Å². The Balaban J connectivity index is 1.31. The van der Waals surface area contributed by atoms with Crippen molar-refractivity contribution in [3.8, 4) is 0 Å². The molecule has 0 aromatic heterocycles. The van der Waals surface area contributed by atoms with Crippen molar-refractivity contribution in [2.75, 3.05) is 25.0 Å². The van der Waals surface area contributed by atoms with Gasteiger partial charge in [-0.2, -0.15) is 0 Å². The fourth-order valence-corrected chi connectivity index (χ4v) is 8.63. The standard InChI is InChI=1S/C34H47ClN10O7/c1-17(2)26-32(51)45-24(9-6-14-38-45)31(50)43-22(7-4-12-36-43)27(46)39-18(3)29(48)44-23(8-5-13-37-44)30(49)42-25(28(47)41-26)16-34(52)20-11-10-19(35)15-21(20)40-33(34)42/h10-11,15,17-18,22-26,33,36-38,40,52H,4-9,12-14,16H2,1-3H3,(H,39,46)(H,41,47)/t18-,22-,23-,24+,25+,26-,33+,34-/m1/s1. The van der Waals surface area contributed by atoms with Crippen LogP contribution in [-0.2, 0) is 34.4 Å². The summed E-state index contributed by atoms with van der Waals surface area (Å²) in [6.45, 7) is 6.27. The Morgan fingerprint density at radius 2 is 1.29 bits per heavy atom. The number of anilines is 1. The van der Waals surface area contributed by atoms with E-state index in [2.05, 4.69) is 32.2 Å². The number of amides is 6. The van der Waals surface area contributed by atoms with Crippen molar-refractivity contribution in [2.45, 2.75) is 114 Å². The van der Waals surface area contributed by atoms with Gasteiger partial charge >= 0.3 is 0 Å². The van der Waals surface area contributed by atoms with Crippen LogP contribution in [0.2, 0.25) is 5.02 Å². The minimum Gasteiger partial charge on any atom is -0.381 e. The van der Waals surface area contributed by atoms with E-state index in [4.69, 9.17) is 11.6 Å². The average Bonchev–Trinajstić information content (AvgIpc) is 3.59. The number of carbonyl (C=O) groups excluding carboxylic acids is 6. The van der Waals surface area contributed by atoms with Gasteiger partial charge in [-0.15, -0.1) is 0 Å². The Morgan fingerprint density at radius 1 is 0.731 bits per heavy atom. The van der Waals surface area contributed by atoms with E-state index in [0.29, 0.717) is 68.0 Å². The summed E-state index contributed by atoms with van der Waals surface area (Å²) in [5.74, 6) is -3.86. The maximum absolute atomic E-state index is 14.8. The van der Waals surface area contributed by atoms with E-state index in [0.717, 1.165) is 0 Å². The highest BCUT2D eigenvalue weighted by molar-refractivity contribution is 6.31. The van der Waals surface area contributed by atoms with Gasteiger partial charge in [0, 0.05) is 42.3 Å². The number of carbonyl (C=O) groups is 6. The number of fused-ring (bicyclic) bond motifs is 8. The Labute approximate surface area is 306 Å². The van der Waals surface area contributed by atoms with Crippen LogP contribution < -0.4 is 32.2 Å². The topological polar surface area (TPSA) is 208 Å². The number of rotatable bonds is 1. The van der Waals surface area contributed by atoms with Crippen molar-refractivity contribution in [1.29, 1.82) is 0 Å². The maximum Gasteiger partial charge on any atom is 0.261 e. The van der Waals surface area contributed by atoms with Gasteiger partial charge in [-0.05, 0) is 63.5 Å². The molecule has 7 rings (SSSR count). The van der Waals surface area contributed by atoms with E-state index in [1.54, 1.807) is 32.0 Å². The highest BCUT2D eigenvalue weighted by Gasteiger charge is 2.62. The van der Waals surface area contributed by atoms with Gasteiger partial charge < -0.3 is 26.0 Å². The van der Waals surface area contributed by atoms with Crippen LogP contribution in [0, 0.1) is 5.92 Å². The average molecular weight is 743 g/mol. The fourth-order valence-electron chi connectivity index (χ4n) is 8.46. The molecule has 0 aliphatic carbocycles. The molecule has 5 fully saturated rings. The predicted octanol–water partition coefficient (Wildman–Crippen LogP) is -0.974. The molecule has 18 heteroatoms. The zero-order valence-corrected chi connectivity index (χ0v) is 30.2. The third-order valence-corrected chi connectivity index (χ3v) is 11.4. The van der Waals surface area contributed by atoms with Crippen molar-refractivity contribution in [2.24, 2.45) is 5.92 Å². The lowest BCUT2D eigenvalue weighted by atomic mass is 9.91. The molecule has 1 aromatic carbocycles. The number of hydrazine groups is 3. The summed E-state index contributed by atoms with van der Waals surface area (Å²) in [7, 11) is 0. The molecule has 6 heterocycles. The van der Waals surface area contributed by atoms with Gasteiger partial charge in [-0.25, -0.2) is 16.3 Å². The Kier molecular flexibility index (Phi) is 9.84. The molecule has 7 N–H and O–H groups in total. The largest absolute Gasteiger partial charge is 0.381 e. The first-order valence-electron chi connectivity index (χ1n) is 18.2. The fraction of sp³-hybridized carbons (Fsp3) is 0.647. The molecule has 282 valence electrons. The van der Waals surface area contributed by atoms with Crippen LogP contribution >= 0.6 is 11.6 Å². The molecule has 52 heavy (non-hydrogen) atoms. The molecule has 0 spiro atoms. The summed E-state index contributed by atoms with van der Waals surface area (Å²) >= 11 is 6.28. The highest BCUT2D eigenvalue weighted by Crippen LogP contribution is 2.50. The minimum absolute atomic E-state index is 0.207. The molecule has 0 radical (unpaired) electrons. The smallest absolute Gasteiger partial charge is 0.261 e. The quantitative estimate of drug-likeness (QED) is 0.186. The van der Waals surface area contributed by atoms with E-state index >= 15 is 0 Å². The molecule has 0 bridgehead atoms. The van der Waals surface area contributed by atoms with Crippen molar-refractivity contribution in [3.63, 3.8) is 0 Å². The number of hydrogen-bond donors (Lipinski definition) is 7. The van der Waals surface area contributed by atoms with E-state index in [9.17, 15) is 33.9 Å². The molecule has 8 atom stereocenters. The lowest BCUT2D eigenvalue weighted by molar-refractivity contribution is -0.162. The van der Waals surface area contributed by atoms with E-state index in [1.807, 2.05) is 0 Å². The van der Waals surface area contributed by atoms with Crippen LogP contribution in [0.1, 0.15) is 71.3 Å². The predicted molar refractivity (Wildman–Crippen MR) is 186 cm³/mol. The Bertz CT molecular complexity index is 1660. The molecule has 6 aliphatic rings. The van der Waals surface area contributed by atoms with E-state index < -0.39 is 89.4 Å². The van der Waals surface area contributed by atoms with Gasteiger partial charge in [-0.1, -0.05) is 31.5 Å². The van der Waals surface area contributed by atoms with Gasteiger partial charge in [-0.3, -0.25) is 43.8 Å². The van der Waals surface area contributed by atoms with Crippen LogP contribution in [0.4, 0.5) is 5.69 Å². The van der Waals surface area contributed by atoms with Crippen molar-refractivity contribution in [1.82, 2.24) is 46.8 Å².